The van der Waals surface area contributed by atoms with Gasteiger partial charge in [-0.2, -0.15) is 0 Å². The topological polar surface area (TPSA) is 46.2 Å². The molecule has 0 spiro atoms. The van der Waals surface area contributed by atoms with Gasteiger partial charge < -0.3 is 23.4 Å². The van der Waals surface area contributed by atoms with E-state index in [-0.39, 0.29) is 29.5 Å². The van der Waals surface area contributed by atoms with Gasteiger partial charge in [0.25, 0.3) is 0 Å². The van der Waals surface area contributed by atoms with Gasteiger partial charge in [-0.15, -0.1) is 0 Å². The minimum Gasteiger partial charge on any atom is -0.485 e. The number of hydrogen-bond donors (Lipinski definition) is 0. The van der Waals surface area contributed by atoms with Crippen LogP contribution in [0.15, 0.2) is 115 Å². The van der Waals surface area contributed by atoms with Crippen LogP contribution < -0.4 is 0 Å². The first-order valence-electron chi connectivity index (χ1n) is 15.8. The van der Waals surface area contributed by atoms with Crippen LogP contribution >= 0.6 is 0 Å². The van der Waals surface area contributed by atoms with E-state index < -0.39 is 8.32 Å². The second-order valence-corrected chi connectivity index (χ2v) is 17.8. The molecule has 0 aromatic heterocycles. The van der Waals surface area contributed by atoms with E-state index in [4.69, 9.17) is 23.4 Å². The summed E-state index contributed by atoms with van der Waals surface area (Å²) >= 11 is 0. The Morgan fingerprint density at radius 3 is 1.84 bits per heavy atom. The van der Waals surface area contributed by atoms with Gasteiger partial charge in [-0.05, 0) is 60.3 Å². The Bertz CT molecular complexity index is 1300. The van der Waals surface area contributed by atoms with Gasteiger partial charge in [-0.1, -0.05) is 118 Å². The van der Waals surface area contributed by atoms with E-state index in [9.17, 15) is 0 Å². The molecular weight excluding hydrogens is 564 g/mol. The Morgan fingerprint density at radius 2 is 1.30 bits per heavy atom. The molecule has 5 nitrogen and oxygen atoms in total. The third-order valence-corrected chi connectivity index (χ3v) is 12.9. The third kappa shape index (κ3) is 10.6. The van der Waals surface area contributed by atoms with Crippen LogP contribution in [0.2, 0.25) is 18.1 Å². The standard InChI is InChI=1S/C38H50O5Si/c1-30(43-44(5,6)38(2,3)4)17-16-24-34-25-35(40-27-32-20-12-8-13-21-32)37(41-28-33-22-14-9-15-23-33)36(42-34)29-39-26-31-18-10-7-11-19-31/h7-16,18-25,30,35-37H,17,26-29H2,1-6H3/t30-,35-,36-,37+/m1/s1. The van der Waals surface area contributed by atoms with E-state index in [1.54, 1.807) is 0 Å². The monoisotopic (exact) mass is 614 g/mol. The third-order valence-electron chi connectivity index (χ3n) is 8.32. The van der Waals surface area contributed by atoms with Crippen molar-refractivity contribution in [3.63, 3.8) is 0 Å². The highest BCUT2D eigenvalue weighted by Crippen LogP contribution is 2.37. The van der Waals surface area contributed by atoms with Gasteiger partial charge >= 0.3 is 0 Å². The summed E-state index contributed by atoms with van der Waals surface area (Å²) in [6.45, 7) is 15.4. The van der Waals surface area contributed by atoms with Crippen molar-refractivity contribution in [3.8, 4) is 0 Å². The molecular formula is C38H50O5Si. The minimum absolute atomic E-state index is 0.119. The molecule has 0 saturated carbocycles. The van der Waals surface area contributed by atoms with Gasteiger partial charge in [0.05, 0.1) is 26.4 Å². The van der Waals surface area contributed by atoms with E-state index in [0.29, 0.717) is 26.4 Å². The van der Waals surface area contributed by atoms with E-state index in [1.807, 2.05) is 66.7 Å². The van der Waals surface area contributed by atoms with Gasteiger partial charge in [0.15, 0.2) is 14.4 Å². The molecule has 3 aromatic rings. The Balaban J connectivity index is 1.51. The highest BCUT2D eigenvalue weighted by Gasteiger charge is 2.39. The molecule has 236 valence electrons. The molecule has 44 heavy (non-hydrogen) atoms. The molecule has 1 aliphatic heterocycles. The molecule has 0 N–H and O–H groups in total. The van der Waals surface area contributed by atoms with Crippen molar-refractivity contribution >= 4 is 8.32 Å². The maximum absolute atomic E-state index is 6.57. The highest BCUT2D eigenvalue weighted by molar-refractivity contribution is 6.74. The number of ether oxygens (including phenoxy) is 4. The summed E-state index contributed by atoms with van der Waals surface area (Å²) in [4.78, 5) is 0. The fourth-order valence-corrected chi connectivity index (χ4v) is 6.28. The largest absolute Gasteiger partial charge is 0.485 e. The number of rotatable bonds is 15. The SMILES string of the molecule is C[C@H](CC=CC1=C[C@@H](OCc2ccccc2)[C@H](OCc2ccccc2)[C@@H](COCc2ccccc2)O1)O[Si](C)(C)C(C)(C)C. The first-order valence-corrected chi connectivity index (χ1v) is 18.7. The summed E-state index contributed by atoms with van der Waals surface area (Å²) in [6.07, 6.45) is 6.12. The van der Waals surface area contributed by atoms with Crippen LogP contribution in [0, 0.1) is 0 Å². The Labute approximate surface area is 266 Å². The van der Waals surface area contributed by atoms with Gasteiger partial charge in [-0.3, -0.25) is 0 Å². The number of benzene rings is 3. The molecule has 0 fully saturated rings. The summed E-state index contributed by atoms with van der Waals surface area (Å²) in [6, 6.07) is 30.6. The molecule has 0 amide bonds. The second kappa shape index (κ2) is 16.3. The van der Waals surface area contributed by atoms with Crippen molar-refractivity contribution < 1.29 is 23.4 Å². The van der Waals surface area contributed by atoms with Crippen LogP contribution in [-0.4, -0.2) is 39.3 Å². The van der Waals surface area contributed by atoms with Crippen LogP contribution in [-0.2, 0) is 43.2 Å². The summed E-state index contributed by atoms with van der Waals surface area (Å²) in [5, 5.41) is 0.172. The Hall–Kier alpha value is -3.00. The van der Waals surface area contributed by atoms with Crippen LogP contribution in [0.1, 0.15) is 50.8 Å². The average Bonchev–Trinajstić information content (AvgIpc) is 3.00. The van der Waals surface area contributed by atoms with Gasteiger partial charge in [0.2, 0.25) is 0 Å². The van der Waals surface area contributed by atoms with Crippen molar-refractivity contribution in [2.75, 3.05) is 6.61 Å². The Kier molecular flexibility index (Phi) is 12.6. The average molecular weight is 615 g/mol. The molecule has 0 radical (unpaired) electrons. The van der Waals surface area contributed by atoms with Gasteiger partial charge in [0.1, 0.15) is 18.0 Å². The minimum atomic E-state index is -1.84. The molecule has 0 aliphatic carbocycles. The molecule has 0 unspecified atom stereocenters. The van der Waals surface area contributed by atoms with Crippen molar-refractivity contribution in [2.24, 2.45) is 0 Å². The van der Waals surface area contributed by atoms with Crippen molar-refractivity contribution in [2.45, 2.75) is 96.5 Å². The van der Waals surface area contributed by atoms with Crippen LogP contribution in [0.3, 0.4) is 0 Å². The van der Waals surface area contributed by atoms with Crippen molar-refractivity contribution in [3.05, 3.63) is 132 Å². The van der Waals surface area contributed by atoms with Crippen LogP contribution in [0.5, 0.6) is 0 Å². The predicted octanol–water partition coefficient (Wildman–Crippen LogP) is 9.01. The molecule has 3 aromatic carbocycles. The van der Waals surface area contributed by atoms with Crippen molar-refractivity contribution in [1.82, 2.24) is 0 Å². The van der Waals surface area contributed by atoms with Gasteiger partial charge in [-0.25, -0.2) is 0 Å². The van der Waals surface area contributed by atoms with E-state index in [2.05, 4.69) is 83.3 Å². The zero-order valence-corrected chi connectivity index (χ0v) is 28.3. The second-order valence-electron chi connectivity index (χ2n) is 13.1. The molecule has 1 aliphatic rings. The normalized spacial score (nSPS) is 19.9. The lowest BCUT2D eigenvalue weighted by Crippen LogP contribution is -2.47. The Morgan fingerprint density at radius 1 is 0.773 bits per heavy atom. The zero-order valence-electron chi connectivity index (χ0n) is 27.3. The first kappa shape index (κ1) is 33.9. The molecule has 1 heterocycles. The molecule has 6 heteroatoms. The fourth-order valence-electron chi connectivity index (χ4n) is 4.82. The summed E-state index contributed by atoms with van der Waals surface area (Å²) in [7, 11) is -1.84. The molecule has 0 saturated heterocycles. The lowest BCUT2D eigenvalue weighted by molar-refractivity contribution is -0.151. The fraction of sp³-hybridized carbons (Fsp3) is 0.421. The summed E-state index contributed by atoms with van der Waals surface area (Å²) in [5.41, 5.74) is 3.33. The van der Waals surface area contributed by atoms with E-state index in [1.165, 1.54) is 0 Å². The van der Waals surface area contributed by atoms with Crippen molar-refractivity contribution in [1.29, 1.82) is 0 Å². The predicted molar refractivity (Wildman–Crippen MR) is 181 cm³/mol. The molecule has 4 rings (SSSR count). The summed E-state index contributed by atoms with van der Waals surface area (Å²) < 4.78 is 32.4. The van der Waals surface area contributed by atoms with Crippen LogP contribution in [0.25, 0.3) is 0 Å². The molecule has 0 bridgehead atoms. The zero-order chi connectivity index (χ0) is 31.4. The van der Waals surface area contributed by atoms with E-state index >= 15 is 0 Å². The summed E-state index contributed by atoms with van der Waals surface area (Å²) in [5.74, 6) is 0.760. The number of allylic oxidation sites excluding steroid dienone is 1. The van der Waals surface area contributed by atoms with Gasteiger partial charge in [0, 0.05) is 6.10 Å². The maximum atomic E-state index is 6.57. The smallest absolute Gasteiger partial charge is 0.192 e. The van der Waals surface area contributed by atoms with Crippen LogP contribution in [0.4, 0.5) is 0 Å². The molecule has 4 atom stereocenters. The number of hydrogen-bond acceptors (Lipinski definition) is 5. The quantitative estimate of drug-likeness (QED) is 0.160. The highest BCUT2D eigenvalue weighted by atomic mass is 28.4. The lowest BCUT2D eigenvalue weighted by atomic mass is 10.0. The first-order chi connectivity index (χ1) is 21.1. The van der Waals surface area contributed by atoms with E-state index in [0.717, 1.165) is 28.9 Å². The maximum Gasteiger partial charge on any atom is 0.192 e. The lowest BCUT2D eigenvalue weighted by Gasteiger charge is -2.38.